The van der Waals surface area contributed by atoms with E-state index >= 15 is 0 Å². The number of nitrogens with one attached hydrogen (secondary N) is 2. The van der Waals surface area contributed by atoms with E-state index in [-0.39, 0.29) is 41.9 Å². The van der Waals surface area contributed by atoms with E-state index in [0.29, 0.717) is 5.56 Å². The lowest BCUT2D eigenvalue weighted by atomic mass is 9.92. The first-order chi connectivity index (χ1) is 11.8. The zero-order valence-electron chi connectivity index (χ0n) is 14.6. The van der Waals surface area contributed by atoms with Gasteiger partial charge < -0.3 is 15.4 Å². The van der Waals surface area contributed by atoms with Crippen molar-refractivity contribution in [3.8, 4) is 5.75 Å². The van der Waals surface area contributed by atoms with Gasteiger partial charge in [-0.1, -0.05) is 12.1 Å². The van der Waals surface area contributed by atoms with Crippen molar-refractivity contribution < 1.29 is 22.7 Å². The molecular weight excluding hydrogens is 369 g/mol. The molecule has 4 nitrogen and oxygen atoms in total. The minimum Gasteiger partial charge on any atom is -0.484 e. The molecule has 1 atom stereocenters. The highest BCUT2D eigenvalue weighted by molar-refractivity contribution is 5.85. The Balaban J connectivity index is 0.00000243. The molecule has 1 aromatic rings. The van der Waals surface area contributed by atoms with Crippen LogP contribution >= 0.6 is 12.4 Å². The fourth-order valence-electron chi connectivity index (χ4n) is 3.60. The SMILES string of the molecule is Cc1ccc(CNC(=O)C2CC23CCNCC3)c(OCC(F)(F)F)c1.Cl. The molecule has 8 heteroatoms. The summed E-state index contributed by atoms with van der Waals surface area (Å²) in [7, 11) is 0. The van der Waals surface area contributed by atoms with E-state index in [0.717, 1.165) is 37.9 Å². The van der Waals surface area contributed by atoms with Crippen LogP contribution in [0, 0.1) is 18.3 Å². The number of hydrogen-bond donors (Lipinski definition) is 2. The summed E-state index contributed by atoms with van der Waals surface area (Å²) in [5, 5.41) is 6.17. The fourth-order valence-corrected chi connectivity index (χ4v) is 3.60. The summed E-state index contributed by atoms with van der Waals surface area (Å²) in [5.74, 6) is 0.189. The van der Waals surface area contributed by atoms with Crippen LogP contribution in [-0.2, 0) is 11.3 Å². The molecule has 1 spiro atoms. The Morgan fingerprint density at radius 1 is 1.35 bits per heavy atom. The zero-order valence-corrected chi connectivity index (χ0v) is 15.4. The van der Waals surface area contributed by atoms with Gasteiger partial charge in [-0.05, 0) is 56.3 Å². The average Bonchev–Trinajstić information content (AvgIpc) is 3.25. The minimum atomic E-state index is -4.39. The number of benzene rings is 1. The second-order valence-electron chi connectivity index (χ2n) is 7.10. The number of amides is 1. The van der Waals surface area contributed by atoms with E-state index in [9.17, 15) is 18.0 Å². The van der Waals surface area contributed by atoms with Gasteiger partial charge in [0, 0.05) is 18.0 Å². The molecule has 2 fully saturated rings. The van der Waals surface area contributed by atoms with Crippen molar-refractivity contribution >= 4 is 18.3 Å². The maximum Gasteiger partial charge on any atom is 0.422 e. The number of alkyl halides is 3. The van der Waals surface area contributed by atoms with Gasteiger partial charge in [0.1, 0.15) is 5.75 Å². The topological polar surface area (TPSA) is 50.4 Å². The Kier molecular flexibility index (Phi) is 6.45. The smallest absolute Gasteiger partial charge is 0.422 e. The van der Waals surface area contributed by atoms with Crippen molar-refractivity contribution in [1.82, 2.24) is 10.6 Å². The summed E-state index contributed by atoms with van der Waals surface area (Å²) >= 11 is 0. The third kappa shape index (κ3) is 5.04. The Morgan fingerprint density at radius 2 is 2.04 bits per heavy atom. The molecule has 0 radical (unpaired) electrons. The molecule has 2 aliphatic rings. The molecule has 146 valence electrons. The van der Waals surface area contributed by atoms with Crippen LogP contribution in [0.5, 0.6) is 5.75 Å². The number of ether oxygens (including phenoxy) is 1. The van der Waals surface area contributed by atoms with E-state index in [1.54, 1.807) is 25.1 Å². The summed E-state index contributed by atoms with van der Waals surface area (Å²) in [5.41, 5.74) is 1.50. The van der Waals surface area contributed by atoms with Gasteiger partial charge in [0.25, 0.3) is 0 Å². The Hall–Kier alpha value is -1.47. The van der Waals surface area contributed by atoms with Gasteiger partial charge in [-0.15, -0.1) is 12.4 Å². The van der Waals surface area contributed by atoms with Crippen molar-refractivity contribution in [3.05, 3.63) is 29.3 Å². The van der Waals surface area contributed by atoms with Crippen molar-refractivity contribution in [2.75, 3.05) is 19.7 Å². The molecule has 2 N–H and O–H groups in total. The second-order valence-corrected chi connectivity index (χ2v) is 7.10. The first kappa shape index (κ1) is 20.8. The standard InChI is InChI=1S/C18H23F3N2O2.ClH/c1-12-2-3-13(15(8-12)25-11-18(19,20)21)10-23-16(24)14-9-17(14)4-6-22-7-5-17;/h2-3,8,14,22H,4-7,9-11H2,1H3,(H,23,24);1H. The van der Waals surface area contributed by atoms with Crippen LogP contribution in [0.4, 0.5) is 13.2 Å². The lowest BCUT2D eigenvalue weighted by molar-refractivity contribution is -0.153. The van der Waals surface area contributed by atoms with E-state index in [1.165, 1.54) is 0 Å². The molecule has 0 bridgehead atoms. The number of aryl methyl sites for hydroxylation is 1. The summed E-state index contributed by atoms with van der Waals surface area (Å²) in [6.07, 6.45) is -1.46. The summed E-state index contributed by atoms with van der Waals surface area (Å²) < 4.78 is 42.1. The van der Waals surface area contributed by atoms with Crippen LogP contribution in [-0.4, -0.2) is 31.8 Å². The van der Waals surface area contributed by atoms with Crippen molar-refractivity contribution in [3.63, 3.8) is 0 Å². The zero-order chi connectivity index (χ0) is 18.1. The number of halogens is 4. The average molecular weight is 393 g/mol. The maximum absolute atomic E-state index is 12.4. The van der Waals surface area contributed by atoms with Crippen molar-refractivity contribution in [2.24, 2.45) is 11.3 Å². The fraction of sp³-hybridized carbons (Fsp3) is 0.611. The number of carbonyl (C=O) groups is 1. The normalized spacial score (nSPS) is 21.0. The Morgan fingerprint density at radius 3 is 2.69 bits per heavy atom. The Bertz CT molecular complexity index is 646. The number of carbonyl (C=O) groups excluding carboxylic acids is 1. The van der Waals surface area contributed by atoms with Crippen LogP contribution in [0.2, 0.25) is 0 Å². The highest BCUT2D eigenvalue weighted by Gasteiger charge is 2.57. The van der Waals surface area contributed by atoms with Crippen LogP contribution in [0.15, 0.2) is 18.2 Å². The number of rotatable bonds is 5. The quantitative estimate of drug-likeness (QED) is 0.807. The predicted octanol–water partition coefficient (Wildman–Crippen LogP) is 3.36. The van der Waals surface area contributed by atoms with Gasteiger partial charge in [0.05, 0.1) is 0 Å². The molecule has 1 saturated carbocycles. The van der Waals surface area contributed by atoms with E-state index < -0.39 is 12.8 Å². The lowest BCUT2D eigenvalue weighted by Crippen LogP contribution is -2.33. The monoisotopic (exact) mass is 392 g/mol. The first-order valence-corrected chi connectivity index (χ1v) is 8.57. The highest BCUT2D eigenvalue weighted by Crippen LogP contribution is 2.58. The van der Waals surface area contributed by atoms with Gasteiger partial charge in [-0.25, -0.2) is 0 Å². The molecule has 3 rings (SSSR count). The van der Waals surface area contributed by atoms with Crippen molar-refractivity contribution in [2.45, 2.75) is 38.9 Å². The van der Waals surface area contributed by atoms with E-state index in [2.05, 4.69) is 10.6 Å². The predicted molar refractivity (Wildman–Crippen MR) is 94.5 cm³/mol. The highest BCUT2D eigenvalue weighted by atomic mass is 35.5. The van der Waals surface area contributed by atoms with Gasteiger partial charge in [-0.3, -0.25) is 4.79 Å². The molecule has 26 heavy (non-hydrogen) atoms. The third-order valence-corrected chi connectivity index (χ3v) is 5.17. The van der Waals surface area contributed by atoms with Gasteiger partial charge in [0.2, 0.25) is 5.91 Å². The molecule has 1 aromatic carbocycles. The lowest BCUT2D eigenvalue weighted by Gasteiger charge is -2.23. The van der Waals surface area contributed by atoms with E-state index in [1.807, 2.05) is 0 Å². The summed E-state index contributed by atoms with van der Waals surface area (Å²) in [6, 6.07) is 5.07. The van der Waals surface area contributed by atoms with Gasteiger partial charge >= 0.3 is 6.18 Å². The van der Waals surface area contributed by atoms with Gasteiger partial charge in [0.15, 0.2) is 6.61 Å². The summed E-state index contributed by atoms with van der Waals surface area (Å²) in [6.45, 7) is 2.51. The maximum atomic E-state index is 12.4. The number of piperidine rings is 1. The number of hydrogen-bond acceptors (Lipinski definition) is 3. The summed E-state index contributed by atoms with van der Waals surface area (Å²) in [4.78, 5) is 12.4. The van der Waals surface area contributed by atoms with Crippen LogP contribution < -0.4 is 15.4 Å². The van der Waals surface area contributed by atoms with Crippen molar-refractivity contribution in [1.29, 1.82) is 0 Å². The molecule has 1 aliphatic carbocycles. The molecule has 1 heterocycles. The van der Waals surface area contributed by atoms with Crippen LogP contribution in [0.1, 0.15) is 30.4 Å². The Labute approximate surface area is 157 Å². The minimum absolute atomic E-state index is 0. The largest absolute Gasteiger partial charge is 0.484 e. The van der Waals surface area contributed by atoms with Gasteiger partial charge in [-0.2, -0.15) is 13.2 Å². The third-order valence-electron chi connectivity index (χ3n) is 5.17. The molecule has 1 aliphatic heterocycles. The van der Waals surface area contributed by atoms with E-state index in [4.69, 9.17) is 4.74 Å². The van der Waals surface area contributed by atoms with Crippen LogP contribution in [0.3, 0.4) is 0 Å². The second kappa shape index (κ2) is 8.05. The molecule has 1 saturated heterocycles. The first-order valence-electron chi connectivity index (χ1n) is 8.57. The van der Waals surface area contributed by atoms with Crippen LogP contribution in [0.25, 0.3) is 0 Å². The molecule has 1 amide bonds. The molecular formula is C18H24ClF3N2O2. The molecule has 0 aromatic heterocycles. The molecule has 1 unspecified atom stereocenters.